The van der Waals surface area contributed by atoms with Gasteiger partial charge in [0.15, 0.2) is 5.78 Å². The molecule has 0 aliphatic carbocycles. The van der Waals surface area contributed by atoms with Crippen LogP contribution in [0.1, 0.15) is 35.2 Å². The molecule has 19 heavy (non-hydrogen) atoms. The van der Waals surface area contributed by atoms with Gasteiger partial charge in [0.1, 0.15) is 5.82 Å². The quantitative estimate of drug-likeness (QED) is 0.727. The smallest absolute Gasteiger partial charge is 0.173 e. The van der Waals surface area contributed by atoms with Gasteiger partial charge in [-0.05, 0) is 30.2 Å². The molecule has 1 atom stereocenters. The molecule has 3 heteroatoms. The van der Waals surface area contributed by atoms with Crippen molar-refractivity contribution in [1.29, 1.82) is 0 Å². The zero-order chi connectivity index (χ0) is 13.8. The van der Waals surface area contributed by atoms with Crippen molar-refractivity contribution in [3.63, 3.8) is 0 Å². The lowest BCUT2D eigenvalue weighted by molar-refractivity contribution is 0.0953. The van der Waals surface area contributed by atoms with Crippen LogP contribution in [-0.2, 0) is 0 Å². The third-order valence-electron chi connectivity index (χ3n) is 3.12. The molecule has 0 amide bonds. The normalized spacial score (nSPS) is 12.2. The Kier molecular flexibility index (Phi) is 4.48. The monoisotopic (exact) mass is 320 g/mol. The van der Waals surface area contributed by atoms with Gasteiger partial charge in [0.25, 0.3) is 0 Å². The fraction of sp³-hybridized carbons (Fsp3) is 0.188. The Hall–Kier alpha value is -1.48. The number of carbonyl (C=O) groups excluding carboxylic acids is 1. The summed E-state index contributed by atoms with van der Waals surface area (Å²) in [7, 11) is 0. The largest absolute Gasteiger partial charge is 0.293 e. The molecule has 0 N–H and O–H groups in total. The van der Waals surface area contributed by atoms with E-state index in [0.717, 1.165) is 5.56 Å². The summed E-state index contributed by atoms with van der Waals surface area (Å²) in [5.41, 5.74) is 1.07. The van der Waals surface area contributed by atoms with Crippen molar-refractivity contribution >= 4 is 21.7 Å². The van der Waals surface area contributed by atoms with Crippen molar-refractivity contribution in [2.75, 3.05) is 0 Å². The number of halogens is 2. The Morgan fingerprint density at radius 3 is 2.53 bits per heavy atom. The van der Waals surface area contributed by atoms with Crippen LogP contribution in [-0.4, -0.2) is 5.78 Å². The molecule has 1 unspecified atom stereocenters. The summed E-state index contributed by atoms with van der Waals surface area (Å²) in [5.74, 6) is -0.944. The standard InChI is InChI=1S/C16H14BrFO/c1-2-13(11-6-4-3-5-7-11)16(19)14-10-12(17)8-9-15(14)18/h3-10,13H,2H2,1H3. The average molecular weight is 321 g/mol. The second-order valence-corrected chi connectivity index (χ2v) is 5.28. The summed E-state index contributed by atoms with van der Waals surface area (Å²) in [6.07, 6.45) is 0.648. The fourth-order valence-corrected chi connectivity index (χ4v) is 2.49. The lowest BCUT2D eigenvalue weighted by Crippen LogP contribution is -2.13. The topological polar surface area (TPSA) is 17.1 Å². The Morgan fingerprint density at radius 1 is 1.21 bits per heavy atom. The highest BCUT2D eigenvalue weighted by molar-refractivity contribution is 9.10. The van der Waals surface area contributed by atoms with E-state index in [9.17, 15) is 9.18 Å². The summed E-state index contributed by atoms with van der Waals surface area (Å²) >= 11 is 3.27. The lowest BCUT2D eigenvalue weighted by atomic mass is 9.88. The number of carbonyl (C=O) groups is 1. The molecule has 0 spiro atoms. The highest BCUT2D eigenvalue weighted by Gasteiger charge is 2.22. The molecule has 0 aliphatic rings. The van der Waals surface area contributed by atoms with E-state index in [1.54, 1.807) is 12.1 Å². The maximum atomic E-state index is 13.8. The van der Waals surface area contributed by atoms with Crippen LogP contribution in [0.15, 0.2) is 53.0 Å². The highest BCUT2D eigenvalue weighted by atomic mass is 79.9. The lowest BCUT2D eigenvalue weighted by Gasteiger charge is -2.14. The molecule has 1 nitrogen and oxygen atoms in total. The third-order valence-corrected chi connectivity index (χ3v) is 3.61. The van der Waals surface area contributed by atoms with Crippen LogP contribution in [0.3, 0.4) is 0 Å². The van der Waals surface area contributed by atoms with E-state index < -0.39 is 5.82 Å². The molecule has 0 aromatic heterocycles. The Morgan fingerprint density at radius 2 is 1.89 bits per heavy atom. The third kappa shape index (κ3) is 3.10. The molecule has 98 valence electrons. The van der Waals surface area contributed by atoms with Gasteiger partial charge in [0.2, 0.25) is 0 Å². The van der Waals surface area contributed by atoms with Gasteiger partial charge in [-0.2, -0.15) is 0 Å². The molecule has 0 saturated carbocycles. The number of hydrogen-bond donors (Lipinski definition) is 0. The van der Waals surface area contributed by atoms with Crippen molar-refractivity contribution < 1.29 is 9.18 Å². The molecule has 0 fully saturated rings. The van der Waals surface area contributed by atoms with Crippen LogP contribution in [0, 0.1) is 5.82 Å². The molecule has 2 aromatic rings. The predicted octanol–water partition coefficient (Wildman–Crippen LogP) is 4.96. The van der Waals surface area contributed by atoms with Gasteiger partial charge in [-0.25, -0.2) is 4.39 Å². The number of ketones is 1. The molecule has 2 aromatic carbocycles. The Labute approximate surface area is 120 Å². The molecular formula is C16H14BrFO. The minimum Gasteiger partial charge on any atom is -0.293 e. The first-order valence-corrected chi connectivity index (χ1v) is 6.97. The molecular weight excluding hydrogens is 307 g/mol. The van der Waals surface area contributed by atoms with E-state index in [4.69, 9.17) is 0 Å². The van der Waals surface area contributed by atoms with Crippen molar-refractivity contribution in [3.05, 3.63) is 69.9 Å². The van der Waals surface area contributed by atoms with E-state index in [2.05, 4.69) is 15.9 Å². The SMILES string of the molecule is CCC(C(=O)c1cc(Br)ccc1F)c1ccccc1. The zero-order valence-electron chi connectivity index (χ0n) is 10.6. The van der Waals surface area contributed by atoms with Crippen LogP contribution < -0.4 is 0 Å². The molecule has 0 aliphatic heterocycles. The van der Waals surface area contributed by atoms with Gasteiger partial charge in [-0.3, -0.25) is 4.79 Å². The maximum Gasteiger partial charge on any atom is 0.173 e. The van der Waals surface area contributed by atoms with Gasteiger partial charge in [-0.1, -0.05) is 53.2 Å². The Balaban J connectivity index is 2.39. The molecule has 0 heterocycles. The fourth-order valence-electron chi connectivity index (χ4n) is 2.13. The van der Waals surface area contributed by atoms with Crippen LogP contribution in [0.2, 0.25) is 0 Å². The zero-order valence-corrected chi connectivity index (χ0v) is 12.2. The molecule has 0 radical (unpaired) electrons. The van der Waals surface area contributed by atoms with Gasteiger partial charge in [0, 0.05) is 10.4 Å². The first-order chi connectivity index (χ1) is 9.13. The first-order valence-electron chi connectivity index (χ1n) is 6.17. The van der Waals surface area contributed by atoms with Crippen LogP contribution in [0.4, 0.5) is 4.39 Å². The number of hydrogen-bond acceptors (Lipinski definition) is 1. The van der Waals surface area contributed by atoms with Crippen LogP contribution >= 0.6 is 15.9 Å². The first kappa shape index (κ1) is 13.9. The van der Waals surface area contributed by atoms with Crippen LogP contribution in [0.25, 0.3) is 0 Å². The number of Topliss-reactive ketones (excluding diaryl/α,β-unsaturated/α-hetero) is 1. The van der Waals surface area contributed by atoms with Crippen molar-refractivity contribution in [1.82, 2.24) is 0 Å². The van der Waals surface area contributed by atoms with E-state index in [-0.39, 0.29) is 17.3 Å². The summed E-state index contributed by atoms with van der Waals surface area (Å²) in [6, 6.07) is 13.9. The van der Waals surface area contributed by atoms with E-state index in [0.29, 0.717) is 10.9 Å². The predicted molar refractivity (Wildman–Crippen MR) is 77.9 cm³/mol. The van der Waals surface area contributed by atoms with Crippen molar-refractivity contribution in [2.24, 2.45) is 0 Å². The Bertz CT molecular complexity index is 581. The van der Waals surface area contributed by atoms with Gasteiger partial charge < -0.3 is 0 Å². The minimum absolute atomic E-state index is 0.144. The average Bonchev–Trinajstić information content (AvgIpc) is 2.43. The minimum atomic E-state index is -0.470. The van der Waals surface area contributed by atoms with Crippen molar-refractivity contribution in [2.45, 2.75) is 19.3 Å². The molecule has 0 saturated heterocycles. The van der Waals surface area contributed by atoms with E-state index in [1.165, 1.54) is 6.07 Å². The number of benzene rings is 2. The molecule has 2 rings (SSSR count). The summed E-state index contributed by atoms with van der Waals surface area (Å²) < 4.78 is 14.5. The van der Waals surface area contributed by atoms with Crippen molar-refractivity contribution in [3.8, 4) is 0 Å². The summed E-state index contributed by atoms with van der Waals surface area (Å²) in [6.45, 7) is 1.94. The highest BCUT2D eigenvalue weighted by Crippen LogP contribution is 2.26. The van der Waals surface area contributed by atoms with E-state index in [1.807, 2.05) is 37.3 Å². The summed E-state index contributed by atoms with van der Waals surface area (Å²) in [4.78, 5) is 12.5. The van der Waals surface area contributed by atoms with Gasteiger partial charge >= 0.3 is 0 Å². The molecule has 0 bridgehead atoms. The second kappa shape index (κ2) is 6.11. The van der Waals surface area contributed by atoms with E-state index >= 15 is 0 Å². The summed E-state index contributed by atoms with van der Waals surface area (Å²) in [5, 5.41) is 0. The number of rotatable bonds is 4. The van der Waals surface area contributed by atoms with Gasteiger partial charge in [-0.15, -0.1) is 0 Å². The van der Waals surface area contributed by atoms with Crippen LogP contribution in [0.5, 0.6) is 0 Å². The van der Waals surface area contributed by atoms with Gasteiger partial charge in [0.05, 0.1) is 5.56 Å². The maximum absolute atomic E-state index is 13.8. The second-order valence-electron chi connectivity index (χ2n) is 4.36.